The molecular weight excluding hydrogens is 359 g/mol. The van der Waals surface area contributed by atoms with E-state index >= 15 is 0 Å². The molecule has 3 heterocycles. The number of nitrogens with zero attached hydrogens (tertiary/aromatic N) is 3. The highest BCUT2D eigenvalue weighted by Crippen LogP contribution is 2.27. The second kappa shape index (κ2) is 8.21. The molecule has 6 nitrogen and oxygen atoms in total. The summed E-state index contributed by atoms with van der Waals surface area (Å²) in [6.07, 6.45) is 4.80. The van der Waals surface area contributed by atoms with Gasteiger partial charge in [-0.05, 0) is 36.8 Å². The molecule has 3 aromatic rings. The lowest BCUT2D eigenvalue weighted by Gasteiger charge is -2.15. The predicted octanol–water partition coefficient (Wildman–Crippen LogP) is 3.20. The molecule has 0 bridgehead atoms. The fraction of sp³-hybridized carbons (Fsp3) is 0.286. The van der Waals surface area contributed by atoms with Crippen LogP contribution >= 0.6 is 0 Å². The van der Waals surface area contributed by atoms with Gasteiger partial charge in [0, 0.05) is 55.1 Å². The van der Waals surface area contributed by atoms with E-state index in [9.17, 15) is 9.18 Å². The van der Waals surface area contributed by atoms with Gasteiger partial charge < -0.3 is 9.64 Å². The standard InChI is InChI=1S/C21H21FN4O2/c22-17-2-1-3-19(12-17)28-11-7-18-13-20(25-24-18)16-6-10-26(14-16)21(27)15-4-8-23-9-5-15/h1-5,8-9,12-13,16H,6-7,10-11,14H2,(H,24,25). The number of benzene rings is 1. The normalized spacial score (nSPS) is 16.3. The van der Waals surface area contributed by atoms with Gasteiger partial charge in [0.05, 0.1) is 12.3 Å². The van der Waals surface area contributed by atoms with E-state index in [1.807, 2.05) is 11.0 Å². The molecule has 1 atom stereocenters. The first-order valence-electron chi connectivity index (χ1n) is 9.31. The van der Waals surface area contributed by atoms with Crippen molar-refractivity contribution in [2.24, 2.45) is 0 Å². The van der Waals surface area contributed by atoms with Gasteiger partial charge in [-0.2, -0.15) is 5.10 Å². The number of amides is 1. The lowest BCUT2D eigenvalue weighted by Crippen LogP contribution is -2.28. The van der Waals surface area contributed by atoms with Crippen molar-refractivity contribution < 1.29 is 13.9 Å². The maximum Gasteiger partial charge on any atom is 0.253 e. The molecule has 1 saturated heterocycles. The Morgan fingerprint density at radius 3 is 2.93 bits per heavy atom. The van der Waals surface area contributed by atoms with Crippen molar-refractivity contribution in [1.29, 1.82) is 0 Å². The Bertz CT molecular complexity index is 944. The Morgan fingerprint density at radius 1 is 1.25 bits per heavy atom. The van der Waals surface area contributed by atoms with Crippen LogP contribution in [-0.4, -0.2) is 45.7 Å². The fourth-order valence-corrected chi connectivity index (χ4v) is 3.42. The van der Waals surface area contributed by atoms with E-state index in [1.54, 1.807) is 36.7 Å². The van der Waals surface area contributed by atoms with Crippen molar-refractivity contribution in [1.82, 2.24) is 20.1 Å². The molecule has 144 valence electrons. The van der Waals surface area contributed by atoms with Gasteiger partial charge in [0.2, 0.25) is 0 Å². The lowest BCUT2D eigenvalue weighted by atomic mass is 10.0. The average molecular weight is 380 g/mol. The molecule has 1 amide bonds. The van der Waals surface area contributed by atoms with Crippen molar-refractivity contribution in [3.8, 4) is 5.75 Å². The second-order valence-electron chi connectivity index (χ2n) is 6.85. The first kappa shape index (κ1) is 18.2. The Kier molecular flexibility index (Phi) is 5.32. The molecular formula is C21H21FN4O2. The van der Waals surface area contributed by atoms with Crippen LogP contribution in [0.4, 0.5) is 4.39 Å². The quantitative estimate of drug-likeness (QED) is 0.713. The molecule has 1 fully saturated rings. The number of aromatic amines is 1. The second-order valence-corrected chi connectivity index (χ2v) is 6.85. The van der Waals surface area contributed by atoms with Gasteiger partial charge in [-0.3, -0.25) is 14.9 Å². The minimum atomic E-state index is -0.312. The zero-order chi connectivity index (χ0) is 19.3. The van der Waals surface area contributed by atoms with Crippen LogP contribution < -0.4 is 4.74 Å². The molecule has 0 saturated carbocycles. The highest BCUT2D eigenvalue weighted by Gasteiger charge is 2.29. The van der Waals surface area contributed by atoms with Crippen molar-refractivity contribution in [2.45, 2.75) is 18.8 Å². The maximum absolute atomic E-state index is 13.2. The third-order valence-corrected chi connectivity index (χ3v) is 4.91. The number of carbonyl (C=O) groups is 1. The number of nitrogens with one attached hydrogen (secondary N) is 1. The molecule has 1 aliphatic rings. The van der Waals surface area contributed by atoms with Crippen molar-refractivity contribution >= 4 is 5.91 Å². The summed E-state index contributed by atoms with van der Waals surface area (Å²) in [5, 5.41) is 7.46. The number of H-pyrrole nitrogens is 1. The minimum Gasteiger partial charge on any atom is -0.493 e. The van der Waals surface area contributed by atoms with Gasteiger partial charge in [-0.25, -0.2) is 4.39 Å². The third kappa shape index (κ3) is 4.19. The number of rotatable bonds is 6. The van der Waals surface area contributed by atoms with Crippen LogP contribution in [0.2, 0.25) is 0 Å². The number of carbonyl (C=O) groups excluding carboxylic acids is 1. The van der Waals surface area contributed by atoms with Crippen molar-refractivity contribution in [3.05, 3.63) is 77.6 Å². The summed E-state index contributed by atoms with van der Waals surface area (Å²) in [5.74, 6) is 0.457. The predicted molar refractivity (Wildman–Crippen MR) is 102 cm³/mol. The largest absolute Gasteiger partial charge is 0.493 e. The molecule has 2 aromatic heterocycles. The van der Waals surface area contributed by atoms with E-state index in [2.05, 4.69) is 15.2 Å². The molecule has 1 aliphatic heterocycles. The van der Waals surface area contributed by atoms with Crippen molar-refractivity contribution in [3.63, 3.8) is 0 Å². The van der Waals surface area contributed by atoms with E-state index in [4.69, 9.17) is 4.74 Å². The van der Waals surface area contributed by atoms with E-state index in [-0.39, 0.29) is 17.6 Å². The number of likely N-dealkylation sites (tertiary alicyclic amines) is 1. The number of hydrogen-bond donors (Lipinski definition) is 1. The van der Waals surface area contributed by atoms with Gasteiger partial charge in [0.1, 0.15) is 11.6 Å². The van der Waals surface area contributed by atoms with Gasteiger partial charge >= 0.3 is 0 Å². The van der Waals surface area contributed by atoms with E-state index in [0.717, 1.165) is 24.4 Å². The van der Waals surface area contributed by atoms with Crippen LogP contribution in [0, 0.1) is 5.82 Å². The zero-order valence-corrected chi connectivity index (χ0v) is 15.3. The molecule has 7 heteroatoms. The third-order valence-electron chi connectivity index (χ3n) is 4.91. The van der Waals surface area contributed by atoms with Crippen LogP contribution in [0.15, 0.2) is 54.9 Å². The molecule has 0 radical (unpaired) electrons. The topological polar surface area (TPSA) is 71.1 Å². The summed E-state index contributed by atoms with van der Waals surface area (Å²) >= 11 is 0. The lowest BCUT2D eigenvalue weighted by molar-refractivity contribution is 0.0790. The first-order valence-corrected chi connectivity index (χ1v) is 9.31. The number of ether oxygens (including phenoxy) is 1. The summed E-state index contributed by atoms with van der Waals surface area (Å²) in [5.41, 5.74) is 2.59. The average Bonchev–Trinajstić information content (AvgIpc) is 3.38. The molecule has 1 unspecified atom stereocenters. The van der Waals surface area contributed by atoms with Crippen LogP contribution in [0.3, 0.4) is 0 Å². The van der Waals surface area contributed by atoms with Crippen LogP contribution in [0.1, 0.15) is 34.1 Å². The van der Waals surface area contributed by atoms with E-state index < -0.39 is 0 Å². The smallest absolute Gasteiger partial charge is 0.253 e. The van der Waals surface area contributed by atoms with E-state index in [0.29, 0.717) is 30.9 Å². The molecule has 28 heavy (non-hydrogen) atoms. The minimum absolute atomic E-state index is 0.0316. The van der Waals surface area contributed by atoms with Crippen molar-refractivity contribution in [2.75, 3.05) is 19.7 Å². The van der Waals surface area contributed by atoms with E-state index in [1.165, 1.54) is 12.1 Å². The molecule has 0 spiro atoms. The fourth-order valence-electron chi connectivity index (χ4n) is 3.42. The summed E-state index contributed by atoms with van der Waals surface area (Å²) in [6, 6.07) is 11.6. The molecule has 4 rings (SSSR count). The van der Waals surface area contributed by atoms with Gasteiger partial charge in [0.15, 0.2) is 0 Å². The molecule has 1 aromatic carbocycles. The highest BCUT2D eigenvalue weighted by atomic mass is 19.1. The first-order chi connectivity index (χ1) is 13.7. The number of hydrogen-bond acceptors (Lipinski definition) is 4. The molecule has 1 N–H and O–H groups in total. The summed E-state index contributed by atoms with van der Waals surface area (Å²) in [6.45, 7) is 1.81. The number of pyridine rings is 1. The Morgan fingerprint density at radius 2 is 2.11 bits per heavy atom. The van der Waals surface area contributed by atoms with Crippen LogP contribution in [0.5, 0.6) is 5.75 Å². The zero-order valence-electron chi connectivity index (χ0n) is 15.3. The number of halogens is 1. The summed E-state index contributed by atoms with van der Waals surface area (Å²) < 4.78 is 18.7. The number of aromatic nitrogens is 3. The Hall–Kier alpha value is -3.22. The Balaban J connectivity index is 1.30. The van der Waals surface area contributed by atoms with Crippen LogP contribution in [0.25, 0.3) is 0 Å². The molecule has 0 aliphatic carbocycles. The Labute approximate surface area is 162 Å². The van der Waals surface area contributed by atoms with Gasteiger partial charge in [-0.1, -0.05) is 6.07 Å². The highest BCUT2D eigenvalue weighted by molar-refractivity contribution is 5.94. The SMILES string of the molecule is O=C(c1ccncc1)N1CCC(c2cc(CCOc3cccc(F)c3)[nH]n2)C1. The van der Waals surface area contributed by atoms with Gasteiger partial charge in [0.25, 0.3) is 5.91 Å². The summed E-state index contributed by atoms with van der Waals surface area (Å²) in [7, 11) is 0. The monoisotopic (exact) mass is 380 g/mol. The maximum atomic E-state index is 13.2. The van der Waals surface area contributed by atoms with Gasteiger partial charge in [-0.15, -0.1) is 0 Å². The van der Waals surface area contributed by atoms with Crippen LogP contribution in [-0.2, 0) is 6.42 Å². The summed E-state index contributed by atoms with van der Waals surface area (Å²) in [4.78, 5) is 18.4.